The van der Waals surface area contributed by atoms with Gasteiger partial charge in [0.1, 0.15) is 31.4 Å². The van der Waals surface area contributed by atoms with Crippen LogP contribution in [0.25, 0.3) is 0 Å². The van der Waals surface area contributed by atoms with Gasteiger partial charge in [-0.2, -0.15) is 0 Å². The monoisotopic (exact) mass is 887 g/mol. The second-order valence-electron chi connectivity index (χ2n) is 16.1. The van der Waals surface area contributed by atoms with Crippen LogP contribution in [0.2, 0.25) is 0 Å². The fourth-order valence-electron chi connectivity index (χ4n) is 6.84. The van der Waals surface area contributed by atoms with E-state index in [2.05, 4.69) is 10.6 Å². The zero-order valence-corrected chi connectivity index (χ0v) is 37.9. The first-order valence-corrected chi connectivity index (χ1v) is 23.5. The number of aliphatic carboxylic acids is 2. The van der Waals surface area contributed by atoms with Gasteiger partial charge in [-0.1, -0.05) is 90.4 Å². The number of unbranched alkanes of at least 4 members (excludes halogenated alkanes) is 14. The predicted molar refractivity (Wildman–Crippen MR) is 235 cm³/mol. The molecule has 0 fully saturated rings. The molecule has 0 saturated carbocycles. The van der Waals surface area contributed by atoms with Gasteiger partial charge in [-0.15, -0.1) is 0 Å². The third-order valence-corrected chi connectivity index (χ3v) is 10.6. The average Bonchev–Trinajstić information content (AvgIpc) is 3.24. The molecule has 0 aromatic heterocycles. The molecule has 0 rings (SSSR count). The Morgan fingerprint density at radius 3 is 1.47 bits per heavy atom. The van der Waals surface area contributed by atoms with E-state index in [-0.39, 0.29) is 120 Å². The Morgan fingerprint density at radius 1 is 0.468 bits per heavy atom. The summed E-state index contributed by atoms with van der Waals surface area (Å²) in [4.78, 5) is 82.4. The van der Waals surface area contributed by atoms with Crippen LogP contribution in [0.5, 0.6) is 0 Å². The van der Waals surface area contributed by atoms with Gasteiger partial charge in [0.25, 0.3) is 0 Å². The van der Waals surface area contributed by atoms with Crippen molar-refractivity contribution in [1.29, 1.82) is 0 Å². The van der Waals surface area contributed by atoms with Crippen LogP contribution in [-0.2, 0) is 52.5 Å². The molecule has 2 amide bonds. The Labute approximate surface area is 370 Å². The van der Waals surface area contributed by atoms with E-state index in [9.17, 15) is 38.7 Å². The molecule has 16 nitrogen and oxygen atoms in total. The van der Waals surface area contributed by atoms with Crippen LogP contribution in [0, 0.1) is 11.8 Å². The largest absolute Gasteiger partial charge is 0.481 e. The van der Waals surface area contributed by atoms with Crippen molar-refractivity contribution in [1.82, 2.24) is 10.6 Å². The van der Waals surface area contributed by atoms with E-state index in [0.29, 0.717) is 38.8 Å². The van der Waals surface area contributed by atoms with Gasteiger partial charge in [0, 0.05) is 57.7 Å². The third-order valence-electron chi connectivity index (χ3n) is 10.6. The number of aliphatic hydroxyl groups excluding tert-OH is 1. The highest BCUT2D eigenvalue weighted by molar-refractivity contribution is 5.85. The van der Waals surface area contributed by atoms with Gasteiger partial charge < -0.3 is 44.9 Å². The average molecular weight is 887 g/mol. The zero-order valence-electron chi connectivity index (χ0n) is 37.9. The number of carboxylic acid groups (broad SMARTS) is 2. The van der Waals surface area contributed by atoms with E-state index in [4.69, 9.17) is 29.2 Å². The number of aliphatic hydroxyl groups is 1. The van der Waals surface area contributed by atoms with E-state index in [0.717, 1.165) is 57.8 Å². The number of ketones is 3. The summed E-state index contributed by atoms with van der Waals surface area (Å²) in [7, 11) is 0. The summed E-state index contributed by atoms with van der Waals surface area (Å²) < 4.78 is 21.5. The van der Waals surface area contributed by atoms with E-state index in [1.807, 2.05) is 6.92 Å². The van der Waals surface area contributed by atoms with E-state index >= 15 is 0 Å². The smallest absolute Gasteiger partial charge is 0.306 e. The molecule has 0 aromatic carbocycles. The molecule has 0 heterocycles. The first-order chi connectivity index (χ1) is 30.0. The second kappa shape index (κ2) is 43.0. The topological polar surface area (TPSA) is 241 Å². The number of nitrogens with one attached hydrogen (secondary N) is 2. The second-order valence-corrected chi connectivity index (χ2v) is 16.1. The van der Waals surface area contributed by atoms with Crippen molar-refractivity contribution in [3.05, 3.63) is 0 Å². The van der Waals surface area contributed by atoms with Gasteiger partial charge in [0.15, 0.2) is 5.78 Å². The molecular weight excluding hydrogens is 805 g/mol. The lowest BCUT2D eigenvalue weighted by Gasteiger charge is -2.12. The number of carbonyl (C=O) groups is 7. The highest BCUT2D eigenvalue weighted by atomic mass is 16.5. The van der Waals surface area contributed by atoms with Gasteiger partial charge >= 0.3 is 11.9 Å². The fraction of sp³-hybridized carbons (Fsp3) is 0.848. The normalized spacial score (nSPS) is 12.2. The molecule has 0 spiro atoms. The van der Waals surface area contributed by atoms with Crippen LogP contribution in [0.3, 0.4) is 0 Å². The SMILES string of the molecule is CC[C@@H](CCCCNC(=O)COCCOCCNC(=O)COCCOCCCC(=O)CC[C@H](CC(=O)CCCCCCCCCCCCCCCCC(=O)O)C(=O)O)C(=O)CO. The minimum absolute atomic E-state index is 0.0408. The zero-order chi connectivity index (χ0) is 45.9. The number of ether oxygens (including phenoxy) is 4. The van der Waals surface area contributed by atoms with E-state index in [1.54, 1.807) is 0 Å². The van der Waals surface area contributed by atoms with Gasteiger partial charge in [0.05, 0.1) is 39.0 Å². The van der Waals surface area contributed by atoms with E-state index < -0.39 is 24.5 Å². The quantitative estimate of drug-likeness (QED) is 0.0430. The lowest BCUT2D eigenvalue weighted by molar-refractivity contribution is -0.144. The molecule has 2 atom stereocenters. The molecule has 0 aromatic rings. The summed E-state index contributed by atoms with van der Waals surface area (Å²) >= 11 is 0. The maximum absolute atomic E-state index is 12.5. The summed E-state index contributed by atoms with van der Waals surface area (Å²) in [5.74, 6) is -3.56. The van der Waals surface area contributed by atoms with Crippen LogP contribution in [-0.4, -0.2) is 129 Å². The van der Waals surface area contributed by atoms with Crippen molar-refractivity contribution < 1.29 is 67.8 Å². The molecule has 62 heavy (non-hydrogen) atoms. The fourth-order valence-corrected chi connectivity index (χ4v) is 6.84. The summed E-state index contributed by atoms with van der Waals surface area (Å²) in [6, 6.07) is 0. The predicted octanol–water partition coefficient (Wildman–Crippen LogP) is 6.16. The summed E-state index contributed by atoms with van der Waals surface area (Å²) in [5.41, 5.74) is 0. The van der Waals surface area contributed by atoms with Crippen molar-refractivity contribution in [2.24, 2.45) is 11.8 Å². The van der Waals surface area contributed by atoms with Gasteiger partial charge in [-0.25, -0.2) is 0 Å². The van der Waals surface area contributed by atoms with Crippen LogP contribution in [0.4, 0.5) is 0 Å². The first kappa shape index (κ1) is 58.7. The Morgan fingerprint density at radius 2 is 0.952 bits per heavy atom. The summed E-state index contributed by atoms with van der Waals surface area (Å²) in [6.45, 7) is 3.54. The van der Waals surface area contributed by atoms with Gasteiger partial charge in [0.2, 0.25) is 11.8 Å². The molecule has 0 aliphatic carbocycles. The van der Waals surface area contributed by atoms with Crippen molar-refractivity contribution in [3.8, 4) is 0 Å². The van der Waals surface area contributed by atoms with Crippen LogP contribution >= 0.6 is 0 Å². The number of carbonyl (C=O) groups excluding carboxylic acids is 5. The maximum Gasteiger partial charge on any atom is 0.306 e. The van der Waals surface area contributed by atoms with Crippen LogP contribution < -0.4 is 10.6 Å². The highest BCUT2D eigenvalue weighted by Crippen LogP contribution is 2.18. The number of hydrogen-bond donors (Lipinski definition) is 5. The maximum atomic E-state index is 12.5. The molecular formula is C46H82N2O14. The standard InChI is InChI=1S/C46H82N2O14/c1-2-38(42(52)35-49)20-17-18-26-47-43(53)36-62-33-31-60-29-27-48-44(54)37-61-32-30-59-28-19-22-40(50)25-24-39(46(57)58)34-41(51)21-15-13-11-9-7-5-3-4-6-8-10-12-14-16-23-45(55)56/h38-39,49H,2-37H2,1H3,(H,47,53)(H,48,54)(H,55,56)(H,57,58)/t38-,39+/m0/s1. The molecule has 0 saturated heterocycles. The van der Waals surface area contributed by atoms with Crippen molar-refractivity contribution >= 4 is 41.1 Å². The minimum Gasteiger partial charge on any atom is -0.481 e. The van der Waals surface area contributed by atoms with Gasteiger partial charge in [-0.3, -0.25) is 33.6 Å². The number of hydrogen-bond acceptors (Lipinski definition) is 12. The Bertz CT molecular complexity index is 1200. The third kappa shape index (κ3) is 39.5. The minimum atomic E-state index is -1.05. The first-order valence-electron chi connectivity index (χ1n) is 23.5. The number of Topliss-reactive ketones (excluding diaryl/α,β-unsaturated/α-hetero) is 3. The molecule has 0 unspecified atom stereocenters. The van der Waals surface area contributed by atoms with Gasteiger partial charge in [-0.05, 0) is 44.9 Å². The van der Waals surface area contributed by atoms with E-state index in [1.165, 1.54) is 44.9 Å². The summed E-state index contributed by atoms with van der Waals surface area (Å²) in [6.07, 6.45) is 19.8. The Balaban J connectivity index is 3.66. The number of amides is 2. The van der Waals surface area contributed by atoms with Crippen LogP contribution in [0.15, 0.2) is 0 Å². The lowest BCUT2D eigenvalue weighted by atomic mass is 9.93. The molecule has 0 aliphatic rings. The molecule has 0 aliphatic heterocycles. The molecule has 16 heteroatoms. The molecule has 0 bridgehead atoms. The van der Waals surface area contributed by atoms with Crippen molar-refractivity contribution in [3.63, 3.8) is 0 Å². The van der Waals surface area contributed by atoms with Crippen molar-refractivity contribution in [2.75, 3.05) is 72.6 Å². The van der Waals surface area contributed by atoms with Crippen molar-refractivity contribution in [2.45, 2.75) is 167 Å². The highest BCUT2D eigenvalue weighted by Gasteiger charge is 2.22. The molecule has 360 valence electrons. The Kier molecular flexibility index (Phi) is 40.7. The molecule has 0 radical (unpaired) electrons. The summed E-state index contributed by atoms with van der Waals surface area (Å²) in [5, 5.41) is 32.7. The Hall–Kier alpha value is -3.31. The molecule has 5 N–H and O–H groups in total. The van der Waals surface area contributed by atoms with Crippen LogP contribution in [0.1, 0.15) is 167 Å². The lowest BCUT2D eigenvalue weighted by Crippen LogP contribution is -2.31. The number of carboxylic acids is 2. The number of rotatable bonds is 48.